The number of carboxylic acid groups (broad SMARTS) is 1. The molecule has 0 saturated carbocycles. The molecule has 12 heavy (non-hydrogen) atoms. The molecule has 0 aliphatic carbocycles. The van der Waals surface area contributed by atoms with E-state index in [4.69, 9.17) is 9.84 Å². The van der Waals surface area contributed by atoms with E-state index >= 15 is 0 Å². The molecule has 1 amide bonds. The van der Waals surface area contributed by atoms with Crippen molar-refractivity contribution in [2.24, 2.45) is 5.10 Å². The van der Waals surface area contributed by atoms with E-state index in [1.54, 1.807) is 6.92 Å². The van der Waals surface area contributed by atoms with Crippen LogP contribution < -0.4 is 0 Å². The number of hydrogen-bond acceptors (Lipinski definition) is 4. The van der Waals surface area contributed by atoms with Crippen molar-refractivity contribution in [3.63, 3.8) is 0 Å². The van der Waals surface area contributed by atoms with E-state index in [1.165, 1.54) is 18.5 Å². The third-order valence-corrected chi connectivity index (χ3v) is 1.77. The van der Waals surface area contributed by atoms with Crippen molar-refractivity contribution in [2.75, 3.05) is 13.8 Å². The Labute approximate surface area is 70.0 Å². The van der Waals surface area contributed by atoms with Gasteiger partial charge in [0.2, 0.25) is 0 Å². The maximum absolute atomic E-state index is 10.5. The first-order valence-corrected chi connectivity index (χ1v) is 3.49. The summed E-state index contributed by atoms with van der Waals surface area (Å²) in [5, 5.41) is 14.0. The van der Waals surface area contributed by atoms with Crippen LogP contribution in [0.2, 0.25) is 0 Å². The summed E-state index contributed by atoms with van der Waals surface area (Å²) >= 11 is 0. The minimum atomic E-state index is -0.982. The minimum Gasteiger partial charge on any atom is -0.465 e. The van der Waals surface area contributed by atoms with Crippen LogP contribution in [0, 0.1) is 0 Å². The summed E-state index contributed by atoms with van der Waals surface area (Å²) in [7, 11) is 1.49. The highest BCUT2D eigenvalue weighted by molar-refractivity contribution is 5.64. The van der Waals surface area contributed by atoms with E-state index in [2.05, 4.69) is 5.10 Å². The van der Waals surface area contributed by atoms with Gasteiger partial charge in [0.25, 0.3) is 0 Å². The molecule has 6 nitrogen and oxygen atoms in total. The first-order valence-electron chi connectivity index (χ1n) is 3.49. The second kappa shape index (κ2) is 3.29. The summed E-state index contributed by atoms with van der Waals surface area (Å²) in [6.45, 7) is 2.04. The highest BCUT2D eigenvalue weighted by atomic mass is 16.5. The molecule has 0 spiro atoms. The van der Waals surface area contributed by atoms with Gasteiger partial charge < -0.3 is 9.84 Å². The molecule has 1 rings (SSSR count). The Bertz CT molecular complexity index is 204. The Balaban J connectivity index is 2.51. The monoisotopic (exact) mass is 173 g/mol. The lowest BCUT2D eigenvalue weighted by Gasteiger charge is -2.27. The number of nitrogens with zero attached hydrogens (tertiary/aromatic N) is 3. The van der Waals surface area contributed by atoms with E-state index in [1.807, 2.05) is 0 Å². The molecule has 1 aliphatic rings. The van der Waals surface area contributed by atoms with Crippen molar-refractivity contribution in [3.8, 4) is 0 Å². The van der Waals surface area contributed by atoms with E-state index in [0.717, 1.165) is 4.90 Å². The van der Waals surface area contributed by atoms with Gasteiger partial charge in [0.05, 0.1) is 0 Å². The Morgan fingerprint density at radius 2 is 2.58 bits per heavy atom. The van der Waals surface area contributed by atoms with Gasteiger partial charge in [-0.05, 0) is 6.92 Å². The third-order valence-electron chi connectivity index (χ3n) is 1.77. The van der Waals surface area contributed by atoms with Gasteiger partial charge in [0.1, 0.15) is 6.17 Å². The van der Waals surface area contributed by atoms with E-state index in [0.29, 0.717) is 6.73 Å². The van der Waals surface area contributed by atoms with Gasteiger partial charge in [-0.15, -0.1) is 5.10 Å². The molecule has 68 valence electrons. The lowest BCUT2D eigenvalue weighted by atomic mass is 10.5. The summed E-state index contributed by atoms with van der Waals surface area (Å²) in [6, 6.07) is 0. The van der Waals surface area contributed by atoms with Crippen LogP contribution in [-0.4, -0.2) is 47.5 Å². The smallest absolute Gasteiger partial charge is 0.408 e. The first-order chi connectivity index (χ1) is 5.63. The molecule has 1 unspecified atom stereocenters. The molecule has 1 atom stereocenters. The maximum Gasteiger partial charge on any atom is 0.408 e. The Kier molecular flexibility index (Phi) is 2.37. The molecular weight excluding hydrogens is 162 g/mol. The van der Waals surface area contributed by atoms with Crippen molar-refractivity contribution >= 4 is 12.5 Å². The van der Waals surface area contributed by atoms with Crippen LogP contribution in [0.1, 0.15) is 6.92 Å². The van der Waals surface area contributed by atoms with Crippen LogP contribution in [0.25, 0.3) is 0 Å². The lowest BCUT2D eigenvalue weighted by molar-refractivity contribution is 0.0428. The van der Waals surface area contributed by atoms with Gasteiger partial charge >= 0.3 is 6.09 Å². The maximum atomic E-state index is 10.5. The van der Waals surface area contributed by atoms with E-state index in [9.17, 15) is 4.79 Å². The number of hydrazone groups is 1. The molecule has 0 saturated heterocycles. The third kappa shape index (κ3) is 1.58. The summed E-state index contributed by atoms with van der Waals surface area (Å²) in [4.78, 5) is 11.7. The largest absolute Gasteiger partial charge is 0.465 e. The average molecular weight is 173 g/mol. The highest BCUT2D eigenvalue weighted by Gasteiger charge is 2.22. The van der Waals surface area contributed by atoms with Gasteiger partial charge in [-0.1, -0.05) is 0 Å². The predicted molar refractivity (Wildman–Crippen MR) is 41.5 cm³/mol. The Hall–Kier alpha value is -1.46. The van der Waals surface area contributed by atoms with Gasteiger partial charge in [0.15, 0.2) is 13.1 Å². The van der Waals surface area contributed by atoms with Gasteiger partial charge in [-0.3, -0.25) is 4.90 Å². The number of rotatable bonds is 2. The number of amides is 1. The summed E-state index contributed by atoms with van der Waals surface area (Å²) in [5.74, 6) is 0. The number of carbonyl (C=O) groups is 1. The Morgan fingerprint density at radius 1 is 1.92 bits per heavy atom. The van der Waals surface area contributed by atoms with Crippen LogP contribution in [0.15, 0.2) is 5.10 Å². The topological polar surface area (TPSA) is 65.4 Å². The fourth-order valence-corrected chi connectivity index (χ4v) is 0.801. The van der Waals surface area contributed by atoms with Crippen molar-refractivity contribution in [1.82, 2.24) is 9.91 Å². The molecule has 0 aromatic heterocycles. The first kappa shape index (κ1) is 8.63. The van der Waals surface area contributed by atoms with Crippen LogP contribution in [0.4, 0.5) is 4.79 Å². The zero-order chi connectivity index (χ0) is 9.14. The number of ether oxygens (including phenoxy) is 1. The molecule has 6 heteroatoms. The van der Waals surface area contributed by atoms with Crippen LogP contribution >= 0.6 is 0 Å². The van der Waals surface area contributed by atoms with Gasteiger partial charge in [0, 0.05) is 7.05 Å². The van der Waals surface area contributed by atoms with E-state index in [-0.39, 0.29) is 6.17 Å². The fourth-order valence-electron chi connectivity index (χ4n) is 0.801. The average Bonchev–Trinajstić information content (AvgIpc) is 2.53. The molecule has 0 aromatic carbocycles. The predicted octanol–water partition coefficient (Wildman–Crippen LogP) is 0.175. The normalized spacial score (nSPS) is 17.3. The Morgan fingerprint density at radius 3 is 3.00 bits per heavy atom. The van der Waals surface area contributed by atoms with Crippen LogP contribution in [0.3, 0.4) is 0 Å². The molecule has 1 aliphatic heterocycles. The standard InChI is InChI=1S/C6H11N3O3/c1-5(8(2)6(10)11)9-4-12-3-7-9/h3,5H,4H2,1-2H3,(H,10,11). The van der Waals surface area contributed by atoms with Crippen LogP contribution in [0.5, 0.6) is 0 Å². The summed E-state index contributed by atoms with van der Waals surface area (Å²) in [6.07, 6.45) is 0.0116. The van der Waals surface area contributed by atoms with Crippen molar-refractivity contribution in [2.45, 2.75) is 13.1 Å². The summed E-state index contributed by atoms with van der Waals surface area (Å²) < 4.78 is 4.82. The molecule has 1 heterocycles. The minimum absolute atomic E-state index is 0.304. The fraction of sp³-hybridized carbons (Fsp3) is 0.667. The quantitative estimate of drug-likeness (QED) is 0.646. The molecular formula is C6H11N3O3. The molecule has 0 aromatic rings. The second-order valence-corrected chi connectivity index (χ2v) is 2.48. The van der Waals surface area contributed by atoms with Gasteiger partial charge in [-0.2, -0.15) is 0 Å². The van der Waals surface area contributed by atoms with E-state index < -0.39 is 6.09 Å². The van der Waals surface area contributed by atoms with Crippen molar-refractivity contribution in [3.05, 3.63) is 0 Å². The molecule has 0 radical (unpaired) electrons. The van der Waals surface area contributed by atoms with Crippen molar-refractivity contribution < 1.29 is 14.6 Å². The molecule has 0 fully saturated rings. The second-order valence-electron chi connectivity index (χ2n) is 2.48. The van der Waals surface area contributed by atoms with Crippen LogP contribution in [-0.2, 0) is 4.74 Å². The molecule has 0 bridgehead atoms. The van der Waals surface area contributed by atoms with Gasteiger partial charge in [-0.25, -0.2) is 9.80 Å². The lowest BCUT2D eigenvalue weighted by Crippen LogP contribution is -2.43. The summed E-state index contributed by atoms with van der Waals surface area (Å²) in [5.41, 5.74) is 0. The van der Waals surface area contributed by atoms with Crippen molar-refractivity contribution in [1.29, 1.82) is 0 Å². The molecule has 1 N–H and O–H groups in total. The number of hydrogen-bond donors (Lipinski definition) is 1. The zero-order valence-electron chi connectivity index (χ0n) is 6.97. The highest BCUT2D eigenvalue weighted by Crippen LogP contribution is 2.07. The SMILES string of the molecule is CC(N1COC=N1)N(C)C(=O)O. The zero-order valence-corrected chi connectivity index (χ0v) is 6.97.